The van der Waals surface area contributed by atoms with Gasteiger partial charge in [-0.3, -0.25) is 0 Å². The van der Waals surface area contributed by atoms with Gasteiger partial charge >= 0.3 is 0 Å². The van der Waals surface area contributed by atoms with Crippen LogP contribution in [0, 0.1) is 23.7 Å². The monoisotopic (exact) mass is 237 g/mol. The molecule has 0 aliphatic heterocycles. The fourth-order valence-electron chi connectivity index (χ4n) is 3.23. The van der Waals surface area contributed by atoms with Crippen LogP contribution in [0.25, 0.3) is 0 Å². The Morgan fingerprint density at radius 2 is 1.81 bits per heavy atom. The zero-order chi connectivity index (χ0) is 12.1. The van der Waals surface area contributed by atoms with Gasteiger partial charge in [0, 0.05) is 10.9 Å². The minimum atomic E-state index is 0.441. The van der Waals surface area contributed by atoms with Gasteiger partial charge in [-0.2, -0.15) is 0 Å². The summed E-state index contributed by atoms with van der Waals surface area (Å²) in [5, 5.41) is 5.82. The average Bonchev–Trinajstić information content (AvgIpc) is 2.55. The van der Waals surface area contributed by atoms with Gasteiger partial charge in [0.15, 0.2) is 0 Å². The number of hydrogen-bond donors (Lipinski definition) is 1. The molecule has 1 aliphatic carbocycles. The molecule has 0 aromatic carbocycles. The number of aryl methyl sites for hydroxylation is 1. The van der Waals surface area contributed by atoms with Gasteiger partial charge in [0.1, 0.15) is 0 Å². The molecule has 90 valence electrons. The molecule has 1 saturated carbocycles. The van der Waals surface area contributed by atoms with Gasteiger partial charge in [-0.1, -0.05) is 27.7 Å². The molecule has 1 aromatic heterocycles. The molecule has 1 aliphatic rings. The summed E-state index contributed by atoms with van der Waals surface area (Å²) in [4.78, 5) is 1.41. The van der Waals surface area contributed by atoms with E-state index in [0.717, 1.165) is 5.92 Å². The van der Waals surface area contributed by atoms with E-state index in [1.54, 1.807) is 0 Å². The van der Waals surface area contributed by atoms with Gasteiger partial charge in [0.05, 0.1) is 0 Å². The van der Waals surface area contributed by atoms with Crippen molar-refractivity contribution in [3.05, 3.63) is 21.9 Å². The SMILES string of the molecule is CNC(c1csc(C)c1)C1C(C)(C)C1(C)C. The Hall–Kier alpha value is -0.340. The topological polar surface area (TPSA) is 12.0 Å². The van der Waals surface area contributed by atoms with Crippen molar-refractivity contribution in [3.8, 4) is 0 Å². The van der Waals surface area contributed by atoms with Gasteiger partial charge in [-0.25, -0.2) is 0 Å². The molecule has 16 heavy (non-hydrogen) atoms. The smallest absolute Gasteiger partial charge is 0.0365 e. The highest BCUT2D eigenvalue weighted by Gasteiger charge is 2.67. The van der Waals surface area contributed by atoms with Gasteiger partial charge < -0.3 is 5.32 Å². The first kappa shape index (κ1) is 12.1. The molecule has 1 atom stereocenters. The van der Waals surface area contributed by atoms with Crippen LogP contribution >= 0.6 is 11.3 Å². The minimum absolute atomic E-state index is 0.441. The quantitative estimate of drug-likeness (QED) is 0.838. The number of rotatable bonds is 3. The normalized spacial score (nSPS) is 24.4. The third-order valence-electron chi connectivity index (χ3n) is 4.89. The van der Waals surface area contributed by atoms with Gasteiger partial charge in [0.25, 0.3) is 0 Å². The molecular formula is C14H23NS. The van der Waals surface area contributed by atoms with E-state index in [1.807, 2.05) is 11.3 Å². The Kier molecular flexibility index (Phi) is 2.71. The van der Waals surface area contributed by atoms with Gasteiger partial charge in [-0.15, -0.1) is 11.3 Å². The standard InChI is InChI=1S/C14H23NS/c1-9-7-10(8-16-9)11(15-6)12-13(2,3)14(12,4)5/h7-8,11-12,15H,1-6H3. The van der Waals surface area contributed by atoms with Crippen molar-refractivity contribution in [1.82, 2.24) is 5.32 Å². The van der Waals surface area contributed by atoms with Crippen LogP contribution in [-0.2, 0) is 0 Å². The van der Waals surface area contributed by atoms with Crippen LogP contribution in [0.1, 0.15) is 44.2 Å². The average molecular weight is 237 g/mol. The number of hydrogen-bond acceptors (Lipinski definition) is 2. The summed E-state index contributed by atoms with van der Waals surface area (Å²) in [6.07, 6.45) is 0. The molecule has 1 unspecified atom stereocenters. The molecule has 0 radical (unpaired) electrons. The Balaban J connectivity index is 2.26. The lowest BCUT2D eigenvalue weighted by molar-refractivity contribution is 0.439. The summed E-state index contributed by atoms with van der Waals surface area (Å²) >= 11 is 1.85. The summed E-state index contributed by atoms with van der Waals surface area (Å²) in [6, 6.07) is 2.84. The van der Waals surface area contributed by atoms with Crippen molar-refractivity contribution < 1.29 is 0 Å². The Morgan fingerprint density at radius 1 is 1.25 bits per heavy atom. The Morgan fingerprint density at radius 3 is 2.12 bits per heavy atom. The van der Waals surface area contributed by atoms with E-state index < -0.39 is 0 Å². The van der Waals surface area contributed by atoms with E-state index >= 15 is 0 Å². The lowest BCUT2D eigenvalue weighted by Gasteiger charge is -2.17. The molecule has 1 aromatic rings. The van der Waals surface area contributed by atoms with Crippen LogP contribution in [-0.4, -0.2) is 7.05 Å². The summed E-state index contributed by atoms with van der Waals surface area (Å²) in [5.41, 5.74) is 2.35. The molecule has 0 spiro atoms. The molecule has 1 nitrogen and oxygen atoms in total. The first-order valence-electron chi connectivity index (χ1n) is 6.04. The van der Waals surface area contributed by atoms with Crippen molar-refractivity contribution >= 4 is 11.3 Å². The predicted octanol–water partition coefficient (Wildman–Crippen LogP) is 4.00. The number of thiophene rings is 1. The lowest BCUT2D eigenvalue weighted by Crippen LogP contribution is -2.20. The first-order valence-corrected chi connectivity index (χ1v) is 6.92. The van der Waals surface area contributed by atoms with Crippen molar-refractivity contribution in [2.75, 3.05) is 7.05 Å². The van der Waals surface area contributed by atoms with E-state index in [2.05, 4.69) is 58.4 Å². The fourth-order valence-corrected chi connectivity index (χ4v) is 3.97. The first-order chi connectivity index (χ1) is 7.32. The molecular weight excluding hydrogens is 214 g/mol. The minimum Gasteiger partial charge on any atom is -0.313 e. The van der Waals surface area contributed by atoms with Crippen LogP contribution < -0.4 is 5.32 Å². The Labute approximate surface area is 103 Å². The summed E-state index contributed by atoms with van der Waals surface area (Å²) in [5.74, 6) is 0.735. The molecule has 1 fully saturated rings. The molecule has 0 bridgehead atoms. The molecule has 2 rings (SSSR count). The highest BCUT2D eigenvalue weighted by atomic mass is 32.1. The summed E-state index contributed by atoms with van der Waals surface area (Å²) in [6.45, 7) is 11.7. The summed E-state index contributed by atoms with van der Waals surface area (Å²) in [7, 11) is 2.09. The molecule has 1 heterocycles. The highest BCUT2D eigenvalue weighted by molar-refractivity contribution is 7.10. The second-order valence-corrected chi connectivity index (χ2v) is 7.29. The zero-order valence-electron chi connectivity index (χ0n) is 11.2. The van der Waals surface area contributed by atoms with Crippen molar-refractivity contribution in [2.24, 2.45) is 16.7 Å². The lowest BCUT2D eigenvalue weighted by atomic mass is 9.99. The maximum Gasteiger partial charge on any atom is 0.0365 e. The molecule has 2 heteroatoms. The van der Waals surface area contributed by atoms with Crippen LogP contribution in [0.5, 0.6) is 0 Å². The summed E-state index contributed by atoms with van der Waals surface area (Å²) < 4.78 is 0. The van der Waals surface area contributed by atoms with Crippen molar-refractivity contribution in [1.29, 1.82) is 0 Å². The molecule has 0 amide bonds. The van der Waals surface area contributed by atoms with Crippen LogP contribution in [0.4, 0.5) is 0 Å². The third kappa shape index (κ3) is 1.54. The van der Waals surface area contributed by atoms with Crippen molar-refractivity contribution in [2.45, 2.75) is 40.7 Å². The van der Waals surface area contributed by atoms with Gasteiger partial charge in [0.2, 0.25) is 0 Å². The maximum absolute atomic E-state index is 3.51. The maximum atomic E-state index is 3.51. The predicted molar refractivity (Wildman–Crippen MR) is 71.9 cm³/mol. The highest BCUT2D eigenvalue weighted by Crippen LogP contribution is 2.72. The Bertz CT molecular complexity index is 375. The van der Waals surface area contributed by atoms with Crippen molar-refractivity contribution in [3.63, 3.8) is 0 Å². The molecule has 0 saturated heterocycles. The zero-order valence-corrected chi connectivity index (χ0v) is 12.0. The van der Waals surface area contributed by atoms with E-state index in [-0.39, 0.29) is 0 Å². The second kappa shape index (κ2) is 3.58. The van der Waals surface area contributed by atoms with Crippen LogP contribution in [0.3, 0.4) is 0 Å². The van der Waals surface area contributed by atoms with Gasteiger partial charge in [-0.05, 0) is 47.7 Å². The van der Waals surface area contributed by atoms with Crippen LogP contribution in [0.15, 0.2) is 11.4 Å². The largest absolute Gasteiger partial charge is 0.313 e. The van der Waals surface area contributed by atoms with E-state index in [9.17, 15) is 0 Å². The third-order valence-corrected chi connectivity index (χ3v) is 5.77. The van der Waals surface area contributed by atoms with E-state index in [1.165, 1.54) is 10.4 Å². The molecule has 1 N–H and O–H groups in total. The second-order valence-electron chi connectivity index (χ2n) is 6.18. The fraction of sp³-hybridized carbons (Fsp3) is 0.714. The van der Waals surface area contributed by atoms with E-state index in [4.69, 9.17) is 0 Å². The van der Waals surface area contributed by atoms with E-state index in [0.29, 0.717) is 16.9 Å². The van der Waals surface area contributed by atoms with Crippen LogP contribution in [0.2, 0.25) is 0 Å². The number of nitrogens with one attached hydrogen (secondary N) is 1.